The van der Waals surface area contributed by atoms with Crippen molar-refractivity contribution in [2.75, 3.05) is 4.90 Å². The minimum atomic E-state index is 0.0298. The van der Waals surface area contributed by atoms with Crippen LogP contribution in [0.25, 0.3) is 56.4 Å². The van der Waals surface area contributed by atoms with E-state index in [0.717, 1.165) is 35.1 Å². The Labute approximate surface area is 285 Å². The lowest BCUT2D eigenvalue weighted by atomic mass is 9.90. The number of hydrogen-bond acceptors (Lipinski definition) is 5. The first-order chi connectivity index (χ1) is 24.0. The van der Waals surface area contributed by atoms with Gasteiger partial charge in [-0.25, -0.2) is 15.0 Å². The van der Waals surface area contributed by atoms with E-state index in [2.05, 4.69) is 109 Å². The van der Waals surface area contributed by atoms with Crippen molar-refractivity contribution in [1.82, 2.24) is 15.0 Å². The summed E-state index contributed by atoms with van der Waals surface area (Å²) in [6.07, 6.45) is 2.04. The van der Waals surface area contributed by atoms with Gasteiger partial charge in [-0.2, -0.15) is 5.26 Å². The van der Waals surface area contributed by atoms with Gasteiger partial charge in [0.15, 0.2) is 17.5 Å². The molecule has 1 aromatic heterocycles. The van der Waals surface area contributed by atoms with Gasteiger partial charge in [0.1, 0.15) is 0 Å². The van der Waals surface area contributed by atoms with Gasteiger partial charge >= 0.3 is 0 Å². The topological polar surface area (TPSA) is 65.7 Å². The third kappa shape index (κ3) is 5.06. The van der Waals surface area contributed by atoms with E-state index in [1.807, 2.05) is 48.5 Å². The molecule has 0 spiro atoms. The molecule has 0 N–H and O–H groups in total. The van der Waals surface area contributed by atoms with Crippen LogP contribution >= 0.6 is 0 Å². The standard InChI is InChI=1S/C44H31N5/c1-44-26-37-24-34(30-10-4-2-5-11-30)19-21-39(37)49(44)40-22-20-35(25-38(40)27-44)31-15-17-33(18-16-31)42-46-41(32-12-6-3-7-13-32)47-43(48-42)36-14-8-9-29(23-36)28-45/h2-25H,26-27H2,1H3. The average molecular weight is 630 g/mol. The predicted octanol–water partition coefficient (Wildman–Crippen LogP) is 10.1. The smallest absolute Gasteiger partial charge is 0.164 e. The number of fused-ring (bicyclic) bond motifs is 5. The first-order valence-corrected chi connectivity index (χ1v) is 16.6. The van der Waals surface area contributed by atoms with Gasteiger partial charge in [-0.3, -0.25) is 0 Å². The summed E-state index contributed by atoms with van der Waals surface area (Å²) in [4.78, 5) is 17.1. The Kier molecular flexibility index (Phi) is 6.70. The lowest BCUT2D eigenvalue weighted by Crippen LogP contribution is -2.37. The molecule has 0 saturated heterocycles. The molecular weight excluding hydrogens is 599 g/mol. The van der Waals surface area contributed by atoms with E-state index in [-0.39, 0.29) is 5.54 Å². The second-order valence-electron chi connectivity index (χ2n) is 13.2. The summed E-state index contributed by atoms with van der Waals surface area (Å²) >= 11 is 0. The molecule has 6 aromatic carbocycles. The SMILES string of the molecule is CC12Cc3cc(-c4ccccc4)ccc3N1c1ccc(-c3ccc(-c4nc(-c5ccccc5)nc(-c5cccc(C#N)c5)n4)cc3)cc1C2. The van der Waals surface area contributed by atoms with Crippen LogP contribution in [0.15, 0.2) is 146 Å². The molecule has 0 saturated carbocycles. The minimum absolute atomic E-state index is 0.0298. The molecular formula is C44H31N5. The van der Waals surface area contributed by atoms with Crippen LogP contribution in [0.1, 0.15) is 23.6 Å². The number of nitriles is 1. The molecule has 5 heteroatoms. The highest BCUT2D eigenvalue weighted by molar-refractivity contribution is 5.83. The van der Waals surface area contributed by atoms with Crippen LogP contribution in [0.5, 0.6) is 0 Å². The average Bonchev–Trinajstić information content (AvgIpc) is 3.62. The van der Waals surface area contributed by atoms with E-state index in [4.69, 9.17) is 15.0 Å². The van der Waals surface area contributed by atoms with Crippen LogP contribution in [0.3, 0.4) is 0 Å². The third-order valence-electron chi connectivity index (χ3n) is 9.82. The Morgan fingerprint density at radius 2 is 0.939 bits per heavy atom. The van der Waals surface area contributed by atoms with E-state index < -0.39 is 0 Å². The molecule has 232 valence electrons. The van der Waals surface area contributed by atoms with Crippen molar-refractivity contribution in [3.63, 3.8) is 0 Å². The summed E-state index contributed by atoms with van der Waals surface area (Å²) in [6.45, 7) is 2.40. The molecule has 1 unspecified atom stereocenters. The fourth-order valence-electron chi connectivity index (χ4n) is 7.52. The summed E-state index contributed by atoms with van der Waals surface area (Å²) < 4.78 is 0. The molecule has 5 nitrogen and oxygen atoms in total. The number of hydrogen-bond donors (Lipinski definition) is 0. The van der Waals surface area contributed by atoms with Gasteiger partial charge in [-0.1, -0.05) is 109 Å². The Morgan fingerprint density at radius 1 is 0.490 bits per heavy atom. The van der Waals surface area contributed by atoms with Gasteiger partial charge in [-0.15, -0.1) is 0 Å². The molecule has 0 radical (unpaired) electrons. The van der Waals surface area contributed by atoms with Crippen molar-refractivity contribution in [2.24, 2.45) is 0 Å². The van der Waals surface area contributed by atoms with Crippen LogP contribution in [0.2, 0.25) is 0 Å². The maximum absolute atomic E-state index is 9.48. The normalized spacial score (nSPS) is 15.7. The predicted molar refractivity (Wildman–Crippen MR) is 196 cm³/mol. The molecule has 2 aliphatic rings. The highest BCUT2D eigenvalue weighted by Gasteiger charge is 2.46. The molecule has 0 amide bonds. The summed E-state index contributed by atoms with van der Waals surface area (Å²) in [7, 11) is 0. The molecule has 2 aliphatic heterocycles. The minimum Gasteiger partial charge on any atom is -0.334 e. The quantitative estimate of drug-likeness (QED) is 0.190. The zero-order chi connectivity index (χ0) is 33.0. The van der Waals surface area contributed by atoms with Crippen molar-refractivity contribution in [3.05, 3.63) is 162 Å². The molecule has 1 atom stereocenters. The van der Waals surface area contributed by atoms with Gasteiger partial charge in [0.2, 0.25) is 0 Å². The maximum atomic E-state index is 9.48. The van der Waals surface area contributed by atoms with Crippen LogP contribution in [-0.4, -0.2) is 20.5 Å². The summed E-state index contributed by atoms with van der Waals surface area (Å²) in [5.41, 5.74) is 13.5. The number of anilines is 2. The Bertz CT molecular complexity index is 2410. The number of aromatic nitrogens is 3. The largest absolute Gasteiger partial charge is 0.334 e. The van der Waals surface area contributed by atoms with E-state index in [1.54, 1.807) is 6.07 Å². The molecule has 7 aromatic rings. The zero-order valence-electron chi connectivity index (χ0n) is 27.0. The third-order valence-corrected chi connectivity index (χ3v) is 9.82. The maximum Gasteiger partial charge on any atom is 0.164 e. The van der Waals surface area contributed by atoms with Crippen LogP contribution in [0.4, 0.5) is 11.4 Å². The zero-order valence-corrected chi connectivity index (χ0v) is 27.0. The summed E-state index contributed by atoms with van der Waals surface area (Å²) in [6, 6.07) is 52.5. The molecule has 0 aliphatic carbocycles. The highest BCUT2D eigenvalue weighted by Crippen LogP contribution is 2.53. The van der Waals surface area contributed by atoms with Crippen molar-refractivity contribution >= 4 is 11.4 Å². The van der Waals surface area contributed by atoms with Crippen molar-refractivity contribution in [3.8, 4) is 62.5 Å². The summed E-state index contributed by atoms with van der Waals surface area (Å²) in [5, 5.41) is 9.48. The molecule has 9 rings (SSSR count). The highest BCUT2D eigenvalue weighted by atomic mass is 15.2. The van der Waals surface area contributed by atoms with Crippen LogP contribution < -0.4 is 4.90 Å². The first kappa shape index (κ1) is 28.8. The first-order valence-electron chi connectivity index (χ1n) is 16.6. The van der Waals surface area contributed by atoms with Crippen molar-refractivity contribution in [2.45, 2.75) is 25.3 Å². The van der Waals surface area contributed by atoms with E-state index >= 15 is 0 Å². The van der Waals surface area contributed by atoms with Gasteiger partial charge in [0, 0.05) is 28.1 Å². The van der Waals surface area contributed by atoms with Crippen molar-refractivity contribution < 1.29 is 0 Å². The number of benzene rings is 6. The van der Waals surface area contributed by atoms with Gasteiger partial charge in [0.25, 0.3) is 0 Å². The Balaban J connectivity index is 1.03. The fraction of sp³-hybridized carbons (Fsp3) is 0.0909. The van der Waals surface area contributed by atoms with Crippen LogP contribution in [0, 0.1) is 11.3 Å². The lowest BCUT2D eigenvalue weighted by Gasteiger charge is -2.30. The van der Waals surface area contributed by atoms with Gasteiger partial charge < -0.3 is 4.90 Å². The molecule has 0 bridgehead atoms. The monoisotopic (exact) mass is 629 g/mol. The fourth-order valence-corrected chi connectivity index (χ4v) is 7.52. The van der Waals surface area contributed by atoms with Crippen LogP contribution in [-0.2, 0) is 12.8 Å². The van der Waals surface area contributed by atoms with E-state index in [9.17, 15) is 5.26 Å². The second kappa shape index (κ2) is 11.4. The van der Waals surface area contributed by atoms with E-state index in [1.165, 1.54) is 39.2 Å². The van der Waals surface area contributed by atoms with Crippen molar-refractivity contribution in [1.29, 1.82) is 5.26 Å². The summed E-state index contributed by atoms with van der Waals surface area (Å²) in [5.74, 6) is 1.72. The van der Waals surface area contributed by atoms with Gasteiger partial charge in [0.05, 0.1) is 17.2 Å². The van der Waals surface area contributed by atoms with Gasteiger partial charge in [-0.05, 0) is 89.5 Å². The molecule has 49 heavy (non-hydrogen) atoms. The lowest BCUT2D eigenvalue weighted by molar-refractivity contribution is 0.507. The van der Waals surface area contributed by atoms with E-state index in [0.29, 0.717) is 23.0 Å². The molecule has 3 heterocycles. The second-order valence-corrected chi connectivity index (χ2v) is 13.2. The number of nitrogens with zero attached hydrogens (tertiary/aromatic N) is 5. The molecule has 0 fully saturated rings. The Morgan fingerprint density at radius 3 is 1.51 bits per heavy atom. The Hall–Kier alpha value is -6.38. The number of rotatable bonds is 5.